The van der Waals surface area contributed by atoms with Crippen LogP contribution in [0.4, 0.5) is 5.69 Å². The van der Waals surface area contributed by atoms with Gasteiger partial charge in [0.1, 0.15) is 0 Å². The fourth-order valence-electron chi connectivity index (χ4n) is 2.01. The molecule has 0 aliphatic heterocycles. The van der Waals surface area contributed by atoms with Crippen molar-refractivity contribution in [3.05, 3.63) is 42.5 Å². The quantitative estimate of drug-likeness (QED) is 0.677. The van der Waals surface area contributed by atoms with Gasteiger partial charge in [-0.2, -0.15) is 0 Å². The Morgan fingerprint density at radius 2 is 1.80 bits per heavy atom. The van der Waals surface area contributed by atoms with Crippen LogP contribution in [0.5, 0.6) is 11.5 Å². The van der Waals surface area contributed by atoms with Gasteiger partial charge in [0.2, 0.25) is 5.91 Å². The second-order valence-corrected chi connectivity index (χ2v) is 7.57. The molecule has 0 fully saturated rings. The Hall–Kier alpha value is -2.39. The second kappa shape index (κ2) is 8.13. The predicted octanol–water partition coefficient (Wildman–Crippen LogP) is 2.08. The molecular weight excluding hydrogens is 364 g/mol. The number of ether oxygens (including phenoxy) is 2. The zero-order valence-corrected chi connectivity index (χ0v) is 15.3. The fraction of sp³-hybridized carbons (Fsp3) is 0.188. The minimum absolute atomic E-state index is 0.0276. The van der Waals surface area contributed by atoms with Crippen LogP contribution >= 0.6 is 11.8 Å². The van der Waals surface area contributed by atoms with E-state index in [0.29, 0.717) is 22.1 Å². The summed E-state index contributed by atoms with van der Waals surface area (Å²) in [5, 5.41) is 0. The van der Waals surface area contributed by atoms with Crippen LogP contribution < -0.4 is 19.9 Å². The zero-order chi connectivity index (χ0) is 18.4. The van der Waals surface area contributed by atoms with E-state index in [1.807, 2.05) is 0 Å². The highest BCUT2D eigenvalue weighted by molar-refractivity contribution is 8.00. The van der Waals surface area contributed by atoms with Crippen LogP contribution in [0.15, 0.2) is 52.3 Å². The zero-order valence-electron chi connectivity index (χ0n) is 13.7. The lowest BCUT2D eigenvalue weighted by molar-refractivity contribution is -0.115. The first-order chi connectivity index (χ1) is 11.9. The summed E-state index contributed by atoms with van der Waals surface area (Å²) >= 11 is 1.16. The van der Waals surface area contributed by atoms with Crippen LogP contribution in [-0.2, 0) is 14.8 Å². The molecule has 2 aromatic rings. The number of rotatable bonds is 8. The summed E-state index contributed by atoms with van der Waals surface area (Å²) in [4.78, 5) is 11.6. The Labute approximate surface area is 150 Å². The third-order valence-corrected chi connectivity index (χ3v) is 5.63. The number of nitrogens with two attached hydrogens (primary N) is 1. The highest BCUT2D eigenvalue weighted by Gasteiger charge is 2.18. The van der Waals surface area contributed by atoms with Crippen LogP contribution in [0, 0.1) is 0 Å². The van der Waals surface area contributed by atoms with Crippen molar-refractivity contribution in [3.63, 3.8) is 0 Å². The van der Waals surface area contributed by atoms with Crippen molar-refractivity contribution in [3.8, 4) is 11.5 Å². The molecule has 0 radical (unpaired) electrons. The number of carbonyl (C=O) groups excluding carboxylic acids is 1. The predicted molar refractivity (Wildman–Crippen MR) is 96.7 cm³/mol. The maximum absolute atomic E-state index is 12.7. The molecule has 0 bridgehead atoms. The third-order valence-electron chi connectivity index (χ3n) is 3.17. The number of anilines is 1. The number of nitrogens with one attached hydrogen (secondary N) is 1. The Morgan fingerprint density at radius 3 is 2.44 bits per heavy atom. The van der Waals surface area contributed by atoms with Gasteiger partial charge < -0.3 is 15.2 Å². The first kappa shape index (κ1) is 18.9. The molecule has 0 spiro atoms. The number of methoxy groups -OCH3 is 2. The van der Waals surface area contributed by atoms with Gasteiger partial charge >= 0.3 is 0 Å². The van der Waals surface area contributed by atoms with E-state index in [-0.39, 0.29) is 10.6 Å². The molecule has 0 saturated carbocycles. The Kier molecular flexibility index (Phi) is 6.16. The number of benzene rings is 2. The summed E-state index contributed by atoms with van der Waals surface area (Å²) in [6.45, 7) is 0. The number of primary amides is 1. The van der Waals surface area contributed by atoms with Crippen LogP contribution in [0.2, 0.25) is 0 Å². The number of carbonyl (C=O) groups is 1. The van der Waals surface area contributed by atoms with E-state index in [1.165, 1.54) is 32.4 Å². The summed E-state index contributed by atoms with van der Waals surface area (Å²) in [6, 6.07) is 11.1. The lowest BCUT2D eigenvalue weighted by Crippen LogP contribution is -2.15. The number of thioether (sulfide) groups is 1. The summed E-state index contributed by atoms with van der Waals surface area (Å²) in [5.41, 5.74) is 5.51. The van der Waals surface area contributed by atoms with Gasteiger partial charge in [0.15, 0.2) is 11.5 Å². The molecule has 1 amide bonds. The smallest absolute Gasteiger partial charge is 0.262 e. The first-order valence-electron chi connectivity index (χ1n) is 7.12. The van der Waals surface area contributed by atoms with Crippen molar-refractivity contribution < 1.29 is 22.7 Å². The number of hydrogen-bond acceptors (Lipinski definition) is 6. The lowest BCUT2D eigenvalue weighted by atomic mass is 10.3. The van der Waals surface area contributed by atoms with Gasteiger partial charge in [0, 0.05) is 11.0 Å². The summed E-state index contributed by atoms with van der Waals surface area (Å²) in [6.07, 6.45) is 0. The Balaban J connectivity index is 2.32. The summed E-state index contributed by atoms with van der Waals surface area (Å²) < 4.78 is 38.1. The largest absolute Gasteiger partial charge is 0.493 e. The molecule has 0 atom stereocenters. The van der Waals surface area contributed by atoms with Crippen molar-refractivity contribution in [2.45, 2.75) is 9.79 Å². The number of para-hydroxylation sites is 1. The number of hydrogen-bond donors (Lipinski definition) is 2. The van der Waals surface area contributed by atoms with Crippen molar-refractivity contribution in [2.24, 2.45) is 5.73 Å². The van der Waals surface area contributed by atoms with Crippen LogP contribution in [0.1, 0.15) is 0 Å². The molecule has 0 aliphatic rings. The van der Waals surface area contributed by atoms with E-state index >= 15 is 0 Å². The molecule has 25 heavy (non-hydrogen) atoms. The van der Waals surface area contributed by atoms with Crippen molar-refractivity contribution in [1.82, 2.24) is 0 Å². The average Bonchev–Trinajstić information content (AvgIpc) is 2.59. The molecule has 2 aromatic carbocycles. The van der Waals surface area contributed by atoms with Crippen LogP contribution in [0.25, 0.3) is 0 Å². The van der Waals surface area contributed by atoms with Gasteiger partial charge in [-0.05, 0) is 24.3 Å². The minimum Gasteiger partial charge on any atom is -0.493 e. The Morgan fingerprint density at radius 1 is 1.12 bits per heavy atom. The fourth-order valence-corrected chi connectivity index (χ4v) is 3.92. The second-order valence-electron chi connectivity index (χ2n) is 4.87. The van der Waals surface area contributed by atoms with E-state index in [4.69, 9.17) is 15.2 Å². The summed E-state index contributed by atoms with van der Waals surface area (Å²) in [5.74, 6) is 0.304. The maximum atomic E-state index is 12.7. The van der Waals surface area contributed by atoms with Gasteiger partial charge in [0.25, 0.3) is 10.0 Å². The van der Waals surface area contributed by atoms with Crippen LogP contribution in [0.3, 0.4) is 0 Å². The van der Waals surface area contributed by atoms with E-state index in [1.54, 1.807) is 24.3 Å². The number of sulfonamides is 1. The lowest BCUT2D eigenvalue weighted by Gasteiger charge is -2.13. The van der Waals surface area contributed by atoms with Crippen molar-refractivity contribution in [1.29, 1.82) is 0 Å². The molecule has 7 nitrogen and oxygen atoms in total. The minimum atomic E-state index is -3.85. The van der Waals surface area contributed by atoms with Gasteiger partial charge in [0.05, 0.1) is 30.6 Å². The molecule has 0 aliphatic carbocycles. The average molecular weight is 382 g/mol. The molecule has 134 valence electrons. The normalized spacial score (nSPS) is 11.0. The molecule has 3 N–H and O–H groups in total. The van der Waals surface area contributed by atoms with Crippen molar-refractivity contribution >= 4 is 33.4 Å². The topological polar surface area (TPSA) is 108 Å². The highest BCUT2D eigenvalue weighted by atomic mass is 32.2. The van der Waals surface area contributed by atoms with Gasteiger partial charge in [-0.1, -0.05) is 12.1 Å². The van der Waals surface area contributed by atoms with Gasteiger partial charge in [-0.25, -0.2) is 8.42 Å². The number of amides is 1. The molecular formula is C16H18N2O5S2. The van der Waals surface area contributed by atoms with E-state index in [0.717, 1.165) is 11.8 Å². The molecule has 0 aromatic heterocycles. The van der Waals surface area contributed by atoms with Crippen LogP contribution in [-0.4, -0.2) is 34.3 Å². The maximum Gasteiger partial charge on any atom is 0.262 e. The Bertz CT molecular complexity index is 869. The standard InChI is InChI=1S/C16H18N2O5S2/c1-22-13-8-7-11(9-14(13)23-2)25(20,21)18-12-5-3-4-6-15(12)24-10-16(17)19/h3-9,18H,10H2,1-2H3,(H2,17,19). The first-order valence-corrected chi connectivity index (χ1v) is 9.59. The molecule has 9 heteroatoms. The third kappa shape index (κ3) is 4.80. The highest BCUT2D eigenvalue weighted by Crippen LogP contribution is 2.32. The van der Waals surface area contributed by atoms with E-state index in [2.05, 4.69) is 4.72 Å². The molecule has 0 heterocycles. The van der Waals surface area contributed by atoms with E-state index in [9.17, 15) is 13.2 Å². The SMILES string of the molecule is COc1ccc(S(=O)(=O)Nc2ccccc2SCC(N)=O)cc1OC. The summed E-state index contributed by atoms with van der Waals surface area (Å²) in [7, 11) is -0.950. The monoisotopic (exact) mass is 382 g/mol. The van der Waals surface area contributed by atoms with Gasteiger partial charge in [-0.3, -0.25) is 9.52 Å². The van der Waals surface area contributed by atoms with E-state index < -0.39 is 15.9 Å². The molecule has 0 saturated heterocycles. The van der Waals surface area contributed by atoms with Crippen molar-refractivity contribution in [2.75, 3.05) is 24.7 Å². The molecule has 2 rings (SSSR count). The molecule has 0 unspecified atom stereocenters. The van der Waals surface area contributed by atoms with Gasteiger partial charge in [-0.15, -0.1) is 11.8 Å².